The molecule has 0 saturated carbocycles. The molecule has 0 spiro atoms. The number of nitrogens with two attached hydrogens (primary N) is 1. The van der Waals surface area contributed by atoms with E-state index in [1.54, 1.807) is 12.1 Å². The number of carbonyl (C=O) groups excluding carboxylic acids is 1. The van der Waals surface area contributed by atoms with Gasteiger partial charge < -0.3 is 20.7 Å². The second kappa shape index (κ2) is 6.76. The van der Waals surface area contributed by atoms with Crippen LogP contribution in [0.2, 0.25) is 0 Å². The zero-order valence-corrected chi connectivity index (χ0v) is 14.2. The lowest BCUT2D eigenvalue weighted by atomic mass is 9.84. The standard InChI is InChI=1S/C20H23N3O2/c21-16-3-7-18(8-4-16)25-17-5-1-15(2-6-17)20(24)22-19-13-23-11-9-14(19)10-12-23/h1-8,14,19H,9-13,21H2,(H,22,24)/t19-/m0/s1. The van der Waals surface area contributed by atoms with Gasteiger partial charge in [-0.2, -0.15) is 0 Å². The molecule has 0 aliphatic carbocycles. The van der Waals surface area contributed by atoms with E-state index in [2.05, 4.69) is 10.2 Å². The Kier molecular flexibility index (Phi) is 4.32. The van der Waals surface area contributed by atoms with E-state index in [4.69, 9.17) is 10.5 Å². The number of amides is 1. The maximum absolute atomic E-state index is 12.5. The fraction of sp³-hybridized carbons (Fsp3) is 0.350. The number of piperidine rings is 3. The number of nitrogen functional groups attached to an aromatic ring is 1. The summed E-state index contributed by atoms with van der Waals surface area (Å²) in [6.45, 7) is 3.33. The Morgan fingerprint density at radius 1 is 1.00 bits per heavy atom. The summed E-state index contributed by atoms with van der Waals surface area (Å²) in [4.78, 5) is 15.0. The second-order valence-electron chi connectivity index (χ2n) is 6.91. The van der Waals surface area contributed by atoms with Crippen molar-refractivity contribution in [2.75, 3.05) is 25.4 Å². The number of rotatable bonds is 4. The molecule has 130 valence electrons. The monoisotopic (exact) mass is 337 g/mol. The average molecular weight is 337 g/mol. The molecule has 0 unspecified atom stereocenters. The third-order valence-electron chi connectivity index (χ3n) is 5.20. The Morgan fingerprint density at radius 2 is 1.60 bits per heavy atom. The summed E-state index contributed by atoms with van der Waals surface area (Å²) >= 11 is 0. The van der Waals surface area contributed by atoms with E-state index >= 15 is 0 Å². The van der Waals surface area contributed by atoms with Gasteiger partial charge >= 0.3 is 0 Å². The third-order valence-corrected chi connectivity index (χ3v) is 5.20. The molecule has 3 saturated heterocycles. The molecular formula is C20H23N3O2. The summed E-state index contributed by atoms with van der Waals surface area (Å²) < 4.78 is 5.76. The first kappa shape index (κ1) is 16.0. The molecule has 25 heavy (non-hydrogen) atoms. The Hall–Kier alpha value is -2.53. The topological polar surface area (TPSA) is 67.6 Å². The summed E-state index contributed by atoms with van der Waals surface area (Å²) in [6, 6.07) is 14.8. The number of benzene rings is 2. The first-order valence-electron chi connectivity index (χ1n) is 8.84. The van der Waals surface area contributed by atoms with E-state index in [-0.39, 0.29) is 11.9 Å². The highest BCUT2D eigenvalue weighted by Crippen LogP contribution is 2.28. The summed E-state index contributed by atoms with van der Waals surface area (Å²) in [7, 11) is 0. The summed E-state index contributed by atoms with van der Waals surface area (Å²) in [6.07, 6.45) is 2.39. The van der Waals surface area contributed by atoms with Crippen LogP contribution in [0.3, 0.4) is 0 Å². The van der Waals surface area contributed by atoms with E-state index < -0.39 is 0 Å². The van der Waals surface area contributed by atoms with Crippen LogP contribution in [0.1, 0.15) is 23.2 Å². The van der Waals surface area contributed by atoms with Gasteiger partial charge in [0.2, 0.25) is 0 Å². The number of carbonyl (C=O) groups is 1. The van der Waals surface area contributed by atoms with Crippen LogP contribution in [-0.2, 0) is 0 Å². The fourth-order valence-corrected chi connectivity index (χ4v) is 3.73. The van der Waals surface area contributed by atoms with Crippen molar-refractivity contribution in [1.29, 1.82) is 0 Å². The number of ether oxygens (including phenoxy) is 1. The van der Waals surface area contributed by atoms with E-state index in [9.17, 15) is 4.79 Å². The molecule has 2 aromatic carbocycles. The van der Waals surface area contributed by atoms with Crippen LogP contribution in [0.15, 0.2) is 48.5 Å². The predicted molar refractivity (Wildman–Crippen MR) is 97.8 cm³/mol. The minimum atomic E-state index is -0.00205. The van der Waals surface area contributed by atoms with Crippen LogP contribution in [0.25, 0.3) is 0 Å². The molecule has 5 heteroatoms. The molecule has 2 aromatic rings. The molecule has 1 atom stereocenters. The van der Waals surface area contributed by atoms with Gasteiger partial charge in [0, 0.05) is 23.8 Å². The van der Waals surface area contributed by atoms with Gasteiger partial charge in [-0.25, -0.2) is 0 Å². The van der Waals surface area contributed by atoms with Gasteiger partial charge in [-0.15, -0.1) is 0 Å². The Bertz CT molecular complexity index is 735. The lowest BCUT2D eigenvalue weighted by molar-refractivity contribution is 0.0620. The normalized spacial score (nSPS) is 24.7. The minimum absolute atomic E-state index is 0.00205. The predicted octanol–water partition coefficient (Wildman–Crippen LogP) is 2.89. The molecule has 3 aliphatic rings. The Labute approximate surface area is 147 Å². The maximum Gasteiger partial charge on any atom is 0.251 e. The first-order chi connectivity index (χ1) is 12.2. The molecule has 3 aliphatic heterocycles. The smallest absolute Gasteiger partial charge is 0.251 e. The van der Waals surface area contributed by atoms with E-state index in [1.807, 2.05) is 36.4 Å². The van der Waals surface area contributed by atoms with Gasteiger partial charge in [0.1, 0.15) is 11.5 Å². The summed E-state index contributed by atoms with van der Waals surface area (Å²) in [5.74, 6) is 2.04. The molecule has 0 radical (unpaired) electrons. The molecule has 1 amide bonds. The maximum atomic E-state index is 12.5. The van der Waals surface area contributed by atoms with E-state index in [0.717, 1.165) is 12.3 Å². The van der Waals surface area contributed by atoms with Gasteiger partial charge in [0.05, 0.1) is 0 Å². The van der Waals surface area contributed by atoms with E-state index in [1.165, 1.54) is 25.9 Å². The van der Waals surface area contributed by atoms with Gasteiger partial charge in [-0.1, -0.05) is 0 Å². The molecular weight excluding hydrogens is 314 g/mol. The molecule has 5 rings (SSSR count). The van der Waals surface area contributed by atoms with Gasteiger partial charge in [0.15, 0.2) is 0 Å². The number of hydrogen-bond donors (Lipinski definition) is 2. The van der Waals surface area contributed by atoms with Crippen LogP contribution < -0.4 is 15.8 Å². The SMILES string of the molecule is Nc1ccc(Oc2ccc(C(=O)N[C@H]3CN4CCC3CC4)cc2)cc1. The minimum Gasteiger partial charge on any atom is -0.457 e. The fourth-order valence-electron chi connectivity index (χ4n) is 3.73. The van der Waals surface area contributed by atoms with Crippen LogP contribution in [0.5, 0.6) is 11.5 Å². The molecule has 2 bridgehead atoms. The van der Waals surface area contributed by atoms with Crippen LogP contribution in [0.4, 0.5) is 5.69 Å². The molecule has 3 heterocycles. The van der Waals surface area contributed by atoms with Gasteiger partial charge in [0.25, 0.3) is 5.91 Å². The lowest BCUT2D eigenvalue weighted by Crippen LogP contribution is -2.57. The lowest BCUT2D eigenvalue weighted by Gasteiger charge is -2.44. The van der Waals surface area contributed by atoms with Crippen LogP contribution >= 0.6 is 0 Å². The number of hydrogen-bond acceptors (Lipinski definition) is 4. The van der Waals surface area contributed by atoms with Gasteiger partial charge in [-0.3, -0.25) is 4.79 Å². The molecule has 5 nitrogen and oxygen atoms in total. The van der Waals surface area contributed by atoms with Crippen molar-refractivity contribution in [3.63, 3.8) is 0 Å². The molecule has 3 N–H and O–H groups in total. The highest BCUT2D eigenvalue weighted by atomic mass is 16.5. The summed E-state index contributed by atoms with van der Waals surface area (Å²) in [5, 5.41) is 3.21. The Balaban J connectivity index is 1.38. The van der Waals surface area contributed by atoms with Gasteiger partial charge in [-0.05, 0) is 80.4 Å². The van der Waals surface area contributed by atoms with Crippen molar-refractivity contribution >= 4 is 11.6 Å². The zero-order valence-electron chi connectivity index (χ0n) is 14.2. The van der Waals surface area contributed by atoms with Crippen LogP contribution in [0, 0.1) is 5.92 Å². The van der Waals surface area contributed by atoms with Crippen molar-refractivity contribution < 1.29 is 9.53 Å². The van der Waals surface area contributed by atoms with Crippen molar-refractivity contribution in [3.05, 3.63) is 54.1 Å². The average Bonchev–Trinajstić information content (AvgIpc) is 2.65. The largest absolute Gasteiger partial charge is 0.457 e. The molecule has 0 aromatic heterocycles. The highest BCUT2D eigenvalue weighted by molar-refractivity contribution is 5.94. The Morgan fingerprint density at radius 3 is 2.16 bits per heavy atom. The number of nitrogens with one attached hydrogen (secondary N) is 1. The quantitative estimate of drug-likeness (QED) is 0.842. The number of nitrogens with zero attached hydrogens (tertiary/aromatic N) is 1. The van der Waals surface area contributed by atoms with Crippen molar-refractivity contribution in [1.82, 2.24) is 10.2 Å². The number of fused-ring (bicyclic) bond motifs is 3. The van der Waals surface area contributed by atoms with Crippen molar-refractivity contribution in [2.24, 2.45) is 5.92 Å². The van der Waals surface area contributed by atoms with Crippen molar-refractivity contribution in [2.45, 2.75) is 18.9 Å². The summed E-state index contributed by atoms with van der Waals surface area (Å²) in [5.41, 5.74) is 7.04. The van der Waals surface area contributed by atoms with Crippen molar-refractivity contribution in [3.8, 4) is 11.5 Å². The second-order valence-corrected chi connectivity index (χ2v) is 6.91. The van der Waals surface area contributed by atoms with E-state index in [0.29, 0.717) is 22.9 Å². The zero-order chi connectivity index (χ0) is 17.2. The number of anilines is 1. The molecule has 3 fully saturated rings. The van der Waals surface area contributed by atoms with Crippen LogP contribution in [-0.4, -0.2) is 36.5 Å². The highest BCUT2D eigenvalue weighted by Gasteiger charge is 2.34. The third kappa shape index (κ3) is 3.61. The first-order valence-corrected chi connectivity index (χ1v) is 8.84.